The summed E-state index contributed by atoms with van der Waals surface area (Å²) in [4.78, 5) is 16.3. The predicted molar refractivity (Wildman–Crippen MR) is 105 cm³/mol. The van der Waals surface area contributed by atoms with Crippen molar-refractivity contribution >= 4 is 17.0 Å². The smallest absolute Gasteiger partial charge is 0.410 e. The summed E-state index contributed by atoms with van der Waals surface area (Å²) >= 11 is 0. The zero-order valence-electron chi connectivity index (χ0n) is 16.7. The maximum atomic E-state index is 12.1. The van der Waals surface area contributed by atoms with Gasteiger partial charge in [-0.25, -0.2) is 4.79 Å². The number of hydrogen-bond acceptors (Lipinski definition) is 5. The largest absolute Gasteiger partial charge is 0.493 e. The van der Waals surface area contributed by atoms with Crippen molar-refractivity contribution in [2.75, 3.05) is 39.3 Å². The van der Waals surface area contributed by atoms with Crippen molar-refractivity contribution in [1.82, 2.24) is 20.0 Å². The highest BCUT2D eigenvalue weighted by atomic mass is 16.6. The fraction of sp³-hybridized carbons (Fsp3) is 0.600. The number of rotatable bonds is 5. The Kier molecular flexibility index (Phi) is 5.89. The van der Waals surface area contributed by atoms with Crippen LogP contribution in [0.25, 0.3) is 10.9 Å². The fourth-order valence-electron chi connectivity index (χ4n) is 3.27. The molecule has 0 aliphatic carbocycles. The van der Waals surface area contributed by atoms with Gasteiger partial charge in [0.25, 0.3) is 0 Å². The number of aryl methyl sites for hydroxylation is 1. The summed E-state index contributed by atoms with van der Waals surface area (Å²) in [6.07, 6.45) is 0.730. The molecule has 0 unspecified atom stereocenters. The van der Waals surface area contributed by atoms with E-state index in [1.807, 2.05) is 45.9 Å². The molecule has 1 aromatic heterocycles. The predicted octanol–water partition coefficient (Wildman–Crippen LogP) is 3.19. The van der Waals surface area contributed by atoms with E-state index in [0.29, 0.717) is 19.7 Å². The van der Waals surface area contributed by atoms with Crippen LogP contribution in [0.2, 0.25) is 0 Å². The lowest BCUT2D eigenvalue weighted by atomic mass is 10.2. The normalized spacial score (nSPS) is 15.9. The molecule has 2 heterocycles. The standard InChI is InChI=1S/C20H30N4O3/c1-15-18-16(22-21-15)7-5-8-17(18)26-14-6-9-23-10-12-24(13-11-23)19(25)27-20(2,3)4/h5,7-8H,6,9-14H2,1-4H3,(H,21,22). The molecule has 1 aliphatic rings. The van der Waals surface area contributed by atoms with Crippen molar-refractivity contribution < 1.29 is 14.3 Å². The van der Waals surface area contributed by atoms with E-state index < -0.39 is 5.60 Å². The number of hydrogen-bond donors (Lipinski definition) is 1. The minimum absolute atomic E-state index is 0.214. The highest BCUT2D eigenvalue weighted by molar-refractivity contribution is 5.87. The van der Waals surface area contributed by atoms with Gasteiger partial charge in [-0.3, -0.25) is 10.00 Å². The van der Waals surface area contributed by atoms with Gasteiger partial charge in [0.2, 0.25) is 0 Å². The molecule has 1 aliphatic heterocycles. The fourth-order valence-corrected chi connectivity index (χ4v) is 3.27. The van der Waals surface area contributed by atoms with Crippen LogP contribution >= 0.6 is 0 Å². The number of amides is 1. The number of aromatic nitrogens is 2. The minimum Gasteiger partial charge on any atom is -0.493 e. The van der Waals surface area contributed by atoms with Gasteiger partial charge in [-0.05, 0) is 46.2 Å². The summed E-state index contributed by atoms with van der Waals surface area (Å²) in [6.45, 7) is 12.5. The molecule has 3 rings (SSSR count). The van der Waals surface area contributed by atoms with Crippen LogP contribution in [0, 0.1) is 6.92 Å². The number of carbonyl (C=O) groups excluding carboxylic acids is 1. The first kappa shape index (κ1) is 19.5. The SMILES string of the molecule is Cc1n[nH]c2cccc(OCCCN3CCN(C(=O)OC(C)(C)C)CC3)c12. The lowest BCUT2D eigenvalue weighted by molar-refractivity contribution is 0.0142. The second kappa shape index (κ2) is 8.17. The van der Waals surface area contributed by atoms with E-state index in [4.69, 9.17) is 9.47 Å². The lowest BCUT2D eigenvalue weighted by Crippen LogP contribution is -2.50. The average molecular weight is 374 g/mol. The van der Waals surface area contributed by atoms with E-state index in [1.54, 1.807) is 4.90 Å². The molecule has 1 saturated heterocycles. The maximum Gasteiger partial charge on any atom is 0.410 e. The number of H-pyrrole nitrogens is 1. The van der Waals surface area contributed by atoms with Crippen molar-refractivity contribution in [2.45, 2.75) is 39.7 Å². The molecule has 0 saturated carbocycles. The van der Waals surface area contributed by atoms with Gasteiger partial charge in [0, 0.05) is 32.7 Å². The topological polar surface area (TPSA) is 70.7 Å². The van der Waals surface area contributed by atoms with Crippen LogP contribution in [-0.2, 0) is 4.74 Å². The van der Waals surface area contributed by atoms with Gasteiger partial charge in [-0.2, -0.15) is 5.10 Å². The minimum atomic E-state index is -0.443. The zero-order valence-corrected chi connectivity index (χ0v) is 16.7. The van der Waals surface area contributed by atoms with E-state index in [9.17, 15) is 4.79 Å². The van der Waals surface area contributed by atoms with Gasteiger partial charge in [0.15, 0.2) is 0 Å². The summed E-state index contributed by atoms with van der Waals surface area (Å²) in [5.74, 6) is 0.883. The summed E-state index contributed by atoms with van der Waals surface area (Å²) in [5.41, 5.74) is 1.52. The Balaban J connectivity index is 1.39. The Morgan fingerprint density at radius 2 is 1.96 bits per heavy atom. The first-order valence-corrected chi connectivity index (χ1v) is 9.60. The molecule has 2 aromatic rings. The molecule has 27 heavy (non-hydrogen) atoms. The van der Waals surface area contributed by atoms with Gasteiger partial charge < -0.3 is 14.4 Å². The molecule has 7 nitrogen and oxygen atoms in total. The highest BCUT2D eigenvalue weighted by Gasteiger charge is 2.25. The molecule has 0 bridgehead atoms. The number of aromatic amines is 1. The second-order valence-corrected chi connectivity index (χ2v) is 8.00. The molecule has 1 fully saturated rings. The van der Waals surface area contributed by atoms with Crippen molar-refractivity contribution in [3.8, 4) is 5.75 Å². The highest BCUT2D eigenvalue weighted by Crippen LogP contribution is 2.26. The molecule has 7 heteroatoms. The van der Waals surface area contributed by atoms with Crippen LogP contribution in [0.3, 0.4) is 0 Å². The molecule has 148 valence electrons. The molecular weight excluding hydrogens is 344 g/mol. The Hall–Kier alpha value is -2.28. The van der Waals surface area contributed by atoms with Gasteiger partial charge in [0.05, 0.1) is 23.2 Å². The van der Waals surface area contributed by atoms with Crippen LogP contribution in [0.15, 0.2) is 18.2 Å². The molecular formula is C20H30N4O3. The molecule has 0 spiro atoms. The second-order valence-electron chi connectivity index (χ2n) is 8.00. The van der Waals surface area contributed by atoms with E-state index >= 15 is 0 Å². The summed E-state index contributed by atoms with van der Waals surface area (Å²) in [6, 6.07) is 5.97. The van der Waals surface area contributed by atoms with E-state index in [-0.39, 0.29) is 6.09 Å². The molecule has 0 radical (unpaired) electrons. The number of carbonyl (C=O) groups is 1. The van der Waals surface area contributed by atoms with Crippen molar-refractivity contribution in [1.29, 1.82) is 0 Å². The van der Waals surface area contributed by atoms with E-state index in [2.05, 4.69) is 15.1 Å². The Bertz CT molecular complexity index is 773. The number of benzene rings is 1. The summed E-state index contributed by atoms with van der Waals surface area (Å²) in [5, 5.41) is 8.32. The zero-order chi connectivity index (χ0) is 19.4. The van der Waals surface area contributed by atoms with Crippen LogP contribution < -0.4 is 4.74 Å². The maximum absolute atomic E-state index is 12.1. The number of fused-ring (bicyclic) bond motifs is 1. The molecule has 1 amide bonds. The van der Waals surface area contributed by atoms with Gasteiger partial charge in [-0.15, -0.1) is 0 Å². The van der Waals surface area contributed by atoms with Crippen molar-refractivity contribution in [3.05, 3.63) is 23.9 Å². The Labute approximate surface area is 160 Å². The number of nitrogens with one attached hydrogen (secondary N) is 1. The summed E-state index contributed by atoms with van der Waals surface area (Å²) < 4.78 is 11.4. The first-order valence-electron chi connectivity index (χ1n) is 9.60. The third-order valence-corrected chi connectivity index (χ3v) is 4.63. The monoisotopic (exact) mass is 374 g/mol. The Morgan fingerprint density at radius 3 is 2.67 bits per heavy atom. The van der Waals surface area contributed by atoms with Crippen LogP contribution in [0.4, 0.5) is 4.79 Å². The van der Waals surface area contributed by atoms with Gasteiger partial charge in [0.1, 0.15) is 11.4 Å². The molecule has 1 aromatic carbocycles. The molecule has 0 atom stereocenters. The molecule has 1 N–H and O–H groups in total. The van der Waals surface area contributed by atoms with Crippen molar-refractivity contribution in [3.63, 3.8) is 0 Å². The average Bonchev–Trinajstić information content (AvgIpc) is 3.00. The van der Waals surface area contributed by atoms with Crippen LogP contribution in [-0.4, -0.2) is 71.0 Å². The van der Waals surface area contributed by atoms with Gasteiger partial charge in [-0.1, -0.05) is 6.07 Å². The quantitative estimate of drug-likeness (QED) is 0.814. The van der Waals surface area contributed by atoms with Crippen molar-refractivity contribution in [2.24, 2.45) is 0 Å². The lowest BCUT2D eigenvalue weighted by Gasteiger charge is -2.35. The number of nitrogens with zero attached hydrogens (tertiary/aromatic N) is 3. The van der Waals surface area contributed by atoms with E-state index in [0.717, 1.165) is 48.4 Å². The first-order chi connectivity index (χ1) is 12.8. The van der Waals surface area contributed by atoms with Gasteiger partial charge >= 0.3 is 6.09 Å². The van der Waals surface area contributed by atoms with Crippen LogP contribution in [0.1, 0.15) is 32.9 Å². The third-order valence-electron chi connectivity index (χ3n) is 4.63. The van der Waals surface area contributed by atoms with E-state index in [1.165, 1.54) is 0 Å². The Morgan fingerprint density at radius 1 is 1.22 bits per heavy atom. The summed E-state index contributed by atoms with van der Waals surface area (Å²) in [7, 11) is 0. The number of piperazine rings is 1. The third kappa shape index (κ3) is 5.13. The number of ether oxygens (including phenoxy) is 2. The van der Waals surface area contributed by atoms with Crippen LogP contribution in [0.5, 0.6) is 5.75 Å².